The van der Waals surface area contributed by atoms with Crippen LogP contribution in [0.1, 0.15) is 18.1 Å². The van der Waals surface area contributed by atoms with Gasteiger partial charge in [-0.05, 0) is 73.5 Å². The van der Waals surface area contributed by atoms with E-state index in [1.54, 1.807) is 18.4 Å². The number of nitrogens with one attached hydrogen (secondary N) is 1. The van der Waals surface area contributed by atoms with Gasteiger partial charge in [-0.15, -0.1) is 11.3 Å². The second-order valence-corrected chi connectivity index (χ2v) is 8.83. The van der Waals surface area contributed by atoms with Gasteiger partial charge in [-0.1, -0.05) is 22.0 Å². The molecule has 30 heavy (non-hydrogen) atoms. The summed E-state index contributed by atoms with van der Waals surface area (Å²) in [4.78, 5) is 4.77. The van der Waals surface area contributed by atoms with E-state index >= 15 is 0 Å². The molecule has 3 aromatic carbocycles. The second kappa shape index (κ2) is 9.06. The number of ether oxygens (including phenoxy) is 2. The fraction of sp³-hybridized carbons (Fsp3) is 0.208. The number of nitrogens with zero attached hydrogens (tertiary/aromatic N) is 1. The molecule has 4 nitrogen and oxygen atoms in total. The Bertz CT molecular complexity index is 1170. The molecule has 0 aliphatic heterocycles. The first-order valence-electron chi connectivity index (χ1n) is 9.78. The zero-order valence-corrected chi connectivity index (χ0v) is 19.6. The van der Waals surface area contributed by atoms with Crippen molar-refractivity contribution in [2.24, 2.45) is 0 Å². The second-order valence-electron chi connectivity index (χ2n) is 6.95. The Morgan fingerprint density at radius 3 is 2.57 bits per heavy atom. The van der Waals surface area contributed by atoms with Crippen LogP contribution in [0.4, 0.5) is 5.69 Å². The summed E-state index contributed by atoms with van der Waals surface area (Å²) in [6.45, 7) is 5.34. The van der Waals surface area contributed by atoms with Gasteiger partial charge in [0, 0.05) is 22.3 Å². The van der Waals surface area contributed by atoms with E-state index in [1.807, 2.05) is 19.1 Å². The SMILES string of the molecule is CCOc1cc(Br)c(CNc2ccc(-c3nc4ccc(C)cc4s3)cc2)cc1OC. The van der Waals surface area contributed by atoms with Crippen LogP contribution >= 0.6 is 27.3 Å². The molecule has 0 radical (unpaired) electrons. The minimum Gasteiger partial charge on any atom is -0.493 e. The van der Waals surface area contributed by atoms with Gasteiger partial charge in [0.15, 0.2) is 11.5 Å². The van der Waals surface area contributed by atoms with E-state index in [0.29, 0.717) is 13.2 Å². The van der Waals surface area contributed by atoms with Crippen molar-refractivity contribution in [3.63, 3.8) is 0 Å². The molecular formula is C24H23BrN2O2S. The van der Waals surface area contributed by atoms with Crippen LogP contribution < -0.4 is 14.8 Å². The largest absolute Gasteiger partial charge is 0.493 e. The minimum atomic E-state index is 0.598. The summed E-state index contributed by atoms with van der Waals surface area (Å²) in [7, 11) is 1.66. The van der Waals surface area contributed by atoms with E-state index in [4.69, 9.17) is 14.5 Å². The molecule has 0 unspecified atom stereocenters. The van der Waals surface area contributed by atoms with E-state index in [2.05, 4.69) is 70.6 Å². The van der Waals surface area contributed by atoms with E-state index in [9.17, 15) is 0 Å². The van der Waals surface area contributed by atoms with Gasteiger partial charge < -0.3 is 14.8 Å². The summed E-state index contributed by atoms with van der Waals surface area (Å²) in [5.74, 6) is 1.48. The Morgan fingerprint density at radius 1 is 1.03 bits per heavy atom. The highest BCUT2D eigenvalue weighted by Gasteiger charge is 2.11. The molecule has 6 heteroatoms. The van der Waals surface area contributed by atoms with Crippen molar-refractivity contribution in [2.75, 3.05) is 19.0 Å². The fourth-order valence-corrected chi connectivity index (χ4v) is 4.76. The van der Waals surface area contributed by atoms with Crippen LogP contribution in [0.2, 0.25) is 0 Å². The number of methoxy groups -OCH3 is 1. The van der Waals surface area contributed by atoms with E-state index in [0.717, 1.165) is 43.3 Å². The number of hydrogen-bond donors (Lipinski definition) is 1. The summed E-state index contributed by atoms with van der Waals surface area (Å²) >= 11 is 5.36. The van der Waals surface area contributed by atoms with Crippen molar-refractivity contribution >= 4 is 43.2 Å². The molecule has 0 bridgehead atoms. The van der Waals surface area contributed by atoms with Crippen molar-refractivity contribution in [1.82, 2.24) is 4.98 Å². The zero-order chi connectivity index (χ0) is 21.1. The summed E-state index contributed by atoms with van der Waals surface area (Å²) in [5.41, 5.74) is 5.59. The van der Waals surface area contributed by atoms with Gasteiger partial charge >= 0.3 is 0 Å². The van der Waals surface area contributed by atoms with Crippen molar-refractivity contribution in [1.29, 1.82) is 0 Å². The van der Waals surface area contributed by atoms with Crippen LogP contribution in [0.5, 0.6) is 11.5 Å². The van der Waals surface area contributed by atoms with E-state index < -0.39 is 0 Å². The van der Waals surface area contributed by atoms with E-state index in [-0.39, 0.29) is 0 Å². The fourth-order valence-electron chi connectivity index (χ4n) is 3.22. The number of halogens is 1. The van der Waals surface area contributed by atoms with Gasteiger partial charge in [-0.3, -0.25) is 0 Å². The number of aryl methyl sites for hydroxylation is 1. The third kappa shape index (κ3) is 4.45. The molecular weight excluding hydrogens is 460 g/mol. The smallest absolute Gasteiger partial charge is 0.162 e. The predicted octanol–water partition coefficient (Wildman–Crippen LogP) is 7.05. The highest BCUT2D eigenvalue weighted by Crippen LogP contribution is 2.34. The Balaban J connectivity index is 1.48. The number of hydrogen-bond acceptors (Lipinski definition) is 5. The highest BCUT2D eigenvalue weighted by molar-refractivity contribution is 9.10. The number of thiazole rings is 1. The molecule has 0 atom stereocenters. The molecule has 0 aliphatic carbocycles. The summed E-state index contributed by atoms with van der Waals surface area (Å²) < 4.78 is 13.3. The van der Waals surface area contributed by atoms with Crippen molar-refractivity contribution in [3.05, 3.63) is 70.2 Å². The molecule has 4 rings (SSSR count). The quantitative estimate of drug-likeness (QED) is 0.306. The average molecular weight is 483 g/mol. The van der Waals surface area contributed by atoms with Gasteiger partial charge in [-0.2, -0.15) is 0 Å². The van der Waals surface area contributed by atoms with Crippen molar-refractivity contribution in [3.8, 4) is 22.1 Å². The monoisotopic (exact) mass is 482 g/mol. The highest BCUT2D eigenvalue weighted by atomic mass is 79.9. The molecule has 1 N–H and O–H groups in total. The van der Waals surface area contributed by atoms with Gasteiger partial charge in [0.1, 0.15) is 5.01 Å². The molecule has 0 saturated carbocycles. The van der Waals surface area contributed by atoms with Crippen molar-refractivity contribution < 1.29 is 9.47 Å². The Morgan fingerprint density at radius 2 is 1.83 bits per heavy atom. The third-order valence-corrected chi connectivity index (χ3v) is 6.60. The Labute approximate surface area is 189 Å². The molecule has 0 fully saturated rings. The Kier molecular flexibility index (Phi) is 6.25. The molecule has 1 heterocycles. The summed E-state index contributed by atoms with van der Waals surface area (Å²) in [5, 5.41) is 4.52. The lowest BCUT2D eigenvalue weighted by atomic mass is 10.1. The first-order chi connectivity index (χ1) is 14.6. The summed E-state index contributed by atoms with van der Waals surface area (Å²) in [6, 6.07) is 18.7. The minimum absolute atomic E-state index is 0.598. The predicted molar refractivity (Wildman–Crippen MR) is 129 cm³/mol. The number of aromatic nitrogens is 1. The number of rotatable bonds is 7. The van der Waals surface area contributed by atoms with Gasteiger partial charge in [-0.25, -0.2) is 4.98 Å². The molecule has 4 aromatic rings. The number of benzene rings is 3. The van der Waals surface area contributed by atoms with Crippen LogP contribution in [0.25, 0.3) is 20.8 Å². The number of anilines is 1. The van der Waals surface area contributed by atoms with Gasteiger partial charge in [0.25, 0.3) is 0 Å². The first kappa shape index (κ1) is 20.7. The molecule has 154 valence electrons. The Hall–Kier alpha value is -2.57. The molecule has 0 saturated heterocycles. The van der Waals surface area contributed by atoms with Crippen LogP contribution in [-0.4, -0.2) is 18.7 Å². The maximum absolute atomic E-state index is 5.63. The maximum Gasteiger partial charge on any atom is 0.162 e. The number of fused-ring (bicyclic) bond motifs is 1. The van der Waals surface area contributed by atoms with Gasteiger partial charge in [0.05, 0.1) is 23.9 Å². The van der Waals surface area contributed by atoms with E-state index in [1.165, 1.54) is 10.3 Å². The standard InChI is InChI=1S/C24H23BrN2O2S/c1-4-29-22-13-19(25)17(12-21(22)28-3)14-26-18-8-6-16(7-9-18)24-27-20-10-5-15(2)11-23(20)30-24/h5-13,26H,4,14H2,1-3H3. The lowest BCUT2D eigenvalue weighted by molar-refractivity contribution is 0.310. The van der Waals surface area contributed by atoms with Crippen LogP contribution in [0.15, 0.2) is 59.1 Å². The topological polar surface area (TPSA) is 43.4 Å². The lowest BCUT2D eigenvalue weighted by Gasteiger charge is -2.14. The zero-order valence-electron chi connectivity index (χ0n) is 17.2. The van der Waals surface area contributed by atoms with Crippen LogP contribution in [0.3, 0.4) is 0 Å². The van der Waals surface area contributed by atoms with Crippen molar-refractivity contribution in [2.45, 2.75) is 20.4 Å². The first-order valence-corrected chi connectivity index (χ1v) is 11.4. The molecule has 0 spiro atoms. The average Bonchev–Trinajstić information content (AvgIpc) is 3.17. The third-order valence-electron chi connectivity index (χ3n) is 4.79. The van der Waals surface area contributed by atoms with Crippen LogP contribution in [-0.2, 0) is 6.54 Å². The maximum atomic E-state index is 5.63. The lowest BCUT2D eigenvalue weighted by Crippen LogP contribution is -2.02. The molecule has 0 amide bonds. The molecule has 0 aliphatic rings. The summed E-state index contributed by atoms with van der Waals surface area (Å²) in [6.07, 6.45) is 0. The van der Waals surface area contributed by atoms with Gasteiger partial charge in [0.2, 0.25) is 0 Å². The normalized spacial score (nSPS) is 10.9. The van der Waals surface area contributed by atoms with Crippen LogP contribution in [0, 0.1) is 6.92 Å². The molecule has 1 aromatic heterocycles.